The molecule has 1 aromatic carbocycles. The zero-order valence-electron chi connectivity index (χ0n) is 9.41. The van der Waals surface area contributed by atoms with Crippen LogP contribution in [0.4, 0.5) is 11.4 Å². The number of nitrogens with zero attached hydrogens (tertiary/aromatic N) is 1. The molecule has 0 aromatic heterocycles. The van der Waals surface area contributed by atoms with Crippen LogP contribution in [0.3, 0.4) is 0 Å². The Morgan fingerprint density at radius 1 is 1.44 bits per heavy atom. The predicted octanol–water partition coefficient (Wildman–Crippen LogP) is 1.89. The molecule has 5 heteroatoms. The second kappa shape index (κ2) is 3.75. The van der Waals surface area contributed by atoms with Crippen LogP contribution >= 0.6 is 0 Å². The molecular weight excluding hydrogens is 206 g/mol. The van der Waals surface area contributed by atoms with E-state index < -0.39 is 0 Å². The maximum absolute atomic E-state index is 10.9. The highest BCUT2D eigenvalue weighted by Gasteiger charge is 2.25. The summed E-state index contributed by atoms with van der Waals surface area (Å²) in [6.07, 6.45) is 0. The third-order valence-corrected chi connectivity index (χ3v) is 2.79. The lowest BCUT2D eigenvalue weighted by molar-refractivity contribution is -0.384. The highest BCUT2D eigenvalue weighted by molar-refractivity contribution is 5.67. The maximum atomic E-state index is 10.9. The molecule has 0 saturated carbocycles. The van der Waals surface area contributed by atoms with Crippen molar-refractivity contribution in [1.82, 2.24) is 5.32 Å². The Labute approximate surface area is 94.0 Å². The number of hydrogen-bond acceptors (Lipinski definition) is 4. The van der Waals surface area contributed by atoms with E-state index in [0.717, 1.165) is 5.56 Å². The van der Waals surface area contributed by atoms with Crippen LogP contribution in [0.2, 0.25) is 0 Å². The van der Waals surface area contributed by atoms with Crippen LogP contribution < -0.4 is 10.6 Å². The van der Waals surface area contributed by atoms with Crippen molar-refractivity contribution in [2.75, 3.05) is 11.9 Å². The van der Waals surface area contributed by atoms with Crippen LogP contribution in [0.25, 0.3) is 0 Å². The molecule has 0 saturated heterocycles. The third-order valence-electron chi connectivity index (χ3n) is 2.79. The minimum Gasteiger partial charge on any atom is -0.377 e. The van der Waals surface area contributed by atoms with Crippen molar-refractivity contribution in [1.29, 1.82) is 0 Å². The smallest absolute Gasteiger partial charge is 0.292 e. The standard InChI is InChI=1S/C11H15N3O2/c1-11(2)7-12-10-8(6-13-11)4-3-5-9(10)14(15)16/h3-5,12-13H,6-7H2,1-2H3. The molecule has 0 bridgehead atoms. The number of fused-ring (bicyclic) bond motifs is 1. The summed E-state index contributed by atoms with van der Waals surface area (Å²) in [5.74, 6) is 0. The Bertz CT molecular complexity index is 429. The molecule has 2 N–H and O–H groups in total. The Morgan fingerprint density at radius 3 is 2.88 bits per heavy atom. The largest absolute Gasteiger partial charge is 0.377 e. The van der Waals surface area contributed by atoms with Gasteiger partial charge in [-0.3, -0.25) is 10.1 Å². The number of rotatable bonds is 1. The van der Waals surface area contributed by atoms with Gasteiger partial charge in [0, 0.05) is 24.7 Å². The van der Waals surface area contributed by atoms with Crippen LogP contribution in [-0.2, 0) is 6.54 Å². The van der Waals surface area contributed by atoms with Gasteiger partial charge in [0.2, 0.25) is 0 Å². The Kier molecular flexibility index (Phi) is 2.55. The Hall–Kier alpha value is -1.62. The molecule has 0 aliphatic carbocycles. The van der Waals surface area contributed by atoms with E-state index in [9.17, 15) is 10.1 Å². The molecule has 86 valence electrons. The second-order valence-electron chi connectivity index (χ2n) is 4.66. The molecule has 0 unspecified atom stereocenters. The maximum Gasteiger partial charge on any atom is 0.292 e. The first-order chi connectivity index (χ1) is 7.49. The van der Waals surface area contributed by atoms with E-state index >= 15 is 0 Å². The van der Waals surface area contributed by atoms with E-state index in [0.29, 0.717) is 18.8 Å². The normalized spacial score (nSPS) is 18.1. The summed E-state index contributed by atoms with van der Waals surface area (Å²) in [4.78, 5) is 10.5. The highest BCUT2D eigenvalue weighted by atomic mass is 16.6. The minimum absolute atomic E-state index is 0.0626. The first kappa shape index (κ1) is 10.9. The molecule has 1 aliphatic heterocycles. The van der Waals surface area contributed by atoms with Gasteiger partial charge in [-0.1, -0.05) is 12.1 Å². The van der Waals surface area contributed by atoms with Crippen molar-refractivity contribution in [3.8, 4) is 0 Å². The minimum atomic E-state index is -0.343. The van der Waals surface area contributed by atoms with Gasteiger partial charge < -0.3 is 10.6 Å². The first-order valence-corrected chi connectivity index (χ1v) is 5.25. The summed E-state index contributed by atoms with van der Waals surface area (Å²) in [6, 6.07) is 5.16. The number of nitrogens with one attached hydrogen (secondary N) is 2. The zero-order valence-corrected chi connectivity index (χ0v) is 9.41. The Morgan fingerprint density at radius 2 is 2.19 bits per heavy atom. The van der Waals surface area contributed by atoms with E-state index in [2.05, 4.69) is 24.5 Å². The number of nitro benzene ring substituents is 1. The van der Waals surface area contributed by atoms with Gasteiger partial charge in [-0.2, -0.15) is 0 Å². The van der Waals surface area contributed by atoms with Gasteiger partial charge in [0.15, 0.2) is 0 Å². The molecule has 1 aromatic rings. The van der Waals surface area contributed by atoms with E-state index in [-0.39, 0.29) is 16.1 Å². The number of benzene rings is 1. The van der Waals surface area contributed by atoms with E-state index in [1.165, 1.54) is 6.07 Å². The van der Waals surface area contributed by atoms with Gasteiger partial charge >= 0.3 is 0 Å². The number of nitro groups is 1. The molecular formula is C11H15N3O2. The zero-order chi connectivity index (χ0) is 11.8. The average Bonchev–Trinajstić information content (AvgIpc) is 2.38. The van der Waals surface area contributed by atoms with Crippen molar-refractivity contribution >= 4 is 11.4 Å². The number of para-hydroxylation sites is 1. The van der Waals surface area contributed by atoms with Crippen molar-refractivity contribution in [3.05, 3.63) is 33.9 Å². The fourth-order valence-electron chi connectivity index (χ4n) is 1.80. The van der Waals surface area contributed by atoms with Crippen LogP contribution in [-0.4, -0.2) is 17.0 Å². The highest BCUT2D eigenvalue weighted by Crippen LogP contribution is 2.30. The summed E-state index contributed by atoms with van der Waals surface area (Å²) >= 11 is 0. The molecule has 2 rings (SSSR count). The van der Waals surface area contributed by atoms with E-state index in [4.69, 9.17) is 0 Å². The SMILES string of the molecule is CC1(C)CNc2c(cccc2[N+](=O)[O-])CN1. The van der Waals surface area contributed by atoms with Crippen LogP contribution in [0.1, 0.15) is 19.4 Å². The summed E-state index contributed by atoms with van der Waals surface area (Å²) < 4.78 is 0. The van der Waals surface area contributed by atoms with Crippen molar-refractivity contribution in [3.63, 3.8) is 0 Å². The summed E-state index contributed by atoms with van der Waals surface area (Å²) in [5, 5.41) is 17.4. The molecule has 0 radical (unpaired) electrons. The number of anilines is 1. The van der Waals surface area contributed by atoms with E-state index in [1.54, 1.807) is 6.07 Å². The van der Waals surface area contributed by atoms with Gasteiger partial charge in [-0.15, -0.1) is 0 Å². The number of hydrogen-bond donors (Lipinski definition) is 2. The molecule has 1 aliphatic rings. The third kappa shape index (κ3) is 1.99. The molecule has 0 atom stereocenters. The fourth-order valence-corrected chi connectivity index (χ4v) is 1.80. The second-order valence-corrected chi connectivity index (χ2v) is 4.66. The van der Waals surface area contributed by atoms with Crippen LogP contribution in [0, 0.1) is 10.1 Å². The molecule has 1 heterocycles. The summed E-state index contributed by atoms with van der Waals surface area (Å²) in [6.45, 7) is 5.46. The Balaban J connectivity index is 2.42. The lowest BCUT2D eigenvalue weighted by Crippen LogP contribution is -2.42. The van der Waals surface area contributed by atoms with E-state index in [1.807, 2.05) is 6.07 Å². The first-order valence-electron chi connectivity index (χ1n) is 5.25. The lowest BCUT2D eigenvalue weighted by Gasteiger charge is -2.23. The van der Waals surface area contributed by atoms with Gasteiger partial charge in [0.05, 0.1) is 4.92 Å². The van der Waals surface area contributed by atoms with Gasteiger partial charge in [-0.05, 0) is 19.4 Å². The molecule has 0 spiro atoms. The monoisotopic (exact) mass is 221 g/mol. The van der Waals surface area contributed by atoms with Crippen molar-refractivity contribution in [2.24, 2.45) is 0 Å². The lowest BCUT2D eigenvalue weighted by atomic mass is 10.1. The van der Waals surface area contributed by atoms with Crippen LogP contribution in [0.5, 0.6) is 0 Å². The molecule has 16 heavy (non-hydrogen) atoms. The summed E-state index contributed by atoms with van der Waals surface area (Å²) in [7, 11) is 0. The predicted molar refractivity (Wildman–Crippen MR) is 62.5 cm³/mol. The average molecular weight is 221 g/mol. The van der Waals surface area contributed by atoms with Crippen molar-refractivity contribution < 1.29 is 4.92 Å². The van der Waals surface area contributed by atoms with Gasteiger partial charge in [0.25, 0.3) is 5.69 Å². The molecule has 0 amide bonds. The summed E-state index contributed by atoms with van der Waals surface area (Å²) in [5.41, 5.74) is 1.68. The fraction of sp³-hybridized carbons (Fsp3) is 0.455. The van der Waals surface area contributed by atoms with Crippen LogP contribution in [0.15, 0.2) is 18.2 Å². The van der Waals surface area contributed by atoms with Crippen molar-refractivity contribution in [2.45, 2.75) is 25.9 Å². The molecule has 5 nitrogen and oxygen atoms in total. The molecule has 0 fully saturated rings. The van der Waals surface area contributed by atoms with Gasteiger partial charge in [0.1, 0.15) is 5.69 Å². The van der Waals surface area contributed by atoms with Gasteiger partial charge in [-0.25, -0.2) is 0 Å². The quantitative estimate of drug-likeness (QED) is 0.561. The topological polar surface area (TPSA) is 67.2 Å².